The Hall–Kier alpha value is -0.610. The van der Waals surface area contributed by atoms with Crippen LogP contribution < -0.4 is 11.1 Å². The van der Waals surface area contributed by atoms with E-state index in [2.05, 4.69) is 17.1 Å². The Morgan fingerprint density at radius 1 is 1.05 bits per heavy atom. The lowest BCUT2D eigenvalue weighted by molar-refractivity contribution is -0.119. The zero-order valence-electron chi connectivity index (χ0n) is 13.9. The van der Waals surface area contributed by atoms with Crippen molar-refractivity contribution in [1.29, 1.82) is 0 Å². The van der Waals surface area contributed by atoms with Crippen LogP contribution in [0.2, 0.25) is 0 Å². The van der Waals surface area contributed by atoms with E-state index in [9.17, 15) is 4.79 Å². The van der Waals surface area contributed by atoms with Gasteiger partial charge in [-0.3, -0.25) is 9.69 Å². The Kier molecular flexibility index (Phi) is 10.5. The van der Waals surface area contributed by atoms with Crippen LogP contribution in [0.15, 0.2) is 0 Å². The van der Waals surface area contributed by atoms with Crippen LogP contribution in [0, 0.1) is 0 Å². The number of nitrogens with zero attached hydrogens (tertiary/aromatic N) is 1. The summed E-state index contributed by atoms with van der Waals surface area (Å²) in [6.45, 7) is 5.83. The highest BCUT2D eigenvalue weighted by Crippen LogP contribution is 2.11. The van der Waals surface area contributed by atoms with Crippen molar-refractivity contribution < 1.29 is 4.79 Å². The van der Waals surface area contributed by atoms with Gasteiger partial charge < -0.3 is 11.1 Å². The molecule has 1 amide bonds. The summed E-state index contributed by atoms with van der Waals surface area (Å²) >= 11 is 0. The number of hydrogen-bond donors (Lipinski definition) is 2. The fourth-order valence-electron chi connectivity index (χ4n) is 3.08. The average molecular weight is 297 g/mol. The molecule has 0 spiro atoms. The molecular weight excluding hydrogens is 262 g/mol. The normalized spacial score (nSPS) is 17.2. The third kappa shape index (κ3) is 9.86. The molecule has 0 aromatic carbocycles. The molecule has 1 rings (SSSR count). The lowest BCUT2D eigenvalue weighted by atomic mass is 10.0. The Balaban J connectivity index is 1.87. The molecule has 1 fully saturated rings. The maximum Gasteiger partial charge on any atom is 0.231 e. The number of hydrogen-bond acceptors (Lipinski definition) is 3. The van der Waals surface area contributed by atoms with E-state index in [-0.39, 0.29) is 5.91 Å². The minimum atomic E-state index is -0.208. The molecular formula is C17H35N3O. The van der Waals surface area contributed by atoms with E-state index in [0.29, 0.717) is 12.6 Å². The first-order chi connectivity index (χ1) is 10.2. The van der Waals surface area contributed by atoms with Crippen molar-refractivity contribution in [1.82, 2.24) is 10.2 Å². The lowest BCUT2D eigenvalue weighted by Gasteiger charge is -2.31. The summed E-state index contributed by atoms with van der Waals surface area (Å²) in [5.74, 6) is -0.208. The second kappa shape index (κ2) is 12.0. The Morgan fingerprint density at radius 2 is 1.62 bits per heavy atom. The molecule has 0 unspecified atom stereocenters. The smallest absolute Gasteiger partial charge is 0.231 e. The first kappa shape index (κ1) is 18.4. The monoisotopic (exact) mass is 297 g/mol. The van der Waals surface area contributed by atoms with Crippen molar-refractivity contribution >= 4 is 5.91 Å². The maximum absolute atomic E-state index is 10.9. The van der Waals surface area contributed by atoms with Crippen LogP contribution in [0.5, 0.6) is 0 Å². The number of piperidine rings is 1. The zero-order chi connectivity index (χ0) is 15.3. The highest BCUT2D eigenvalue weighted by molar-refractivity contribution is 5.75. The minimum Gasteiger partial charge on any atom is -0.369 e. The van der Waals surface area contributed by atoms with E-state index < -0.39 is 0 Å². The highest BCUT2D eigenvalue weighted by atomic mass is 16.1. The molecule has 0 radical (unpaired) electrons. The number of nitrogens with one attached hydrogen (secondary N) is 1. The number of unbranched alkanes of at least 4 members (excludes halogenated alkanes) is 7. The Labute approximate surface area is 130 Å². The number of likely N-dealkylation sites (tertiary alicyclic amines) is 1. The molecule has 4 heteroatoms. The van der Waals surface area contributed by atoms with Crippen LogP contribution >= 0.6 is 0 Å². The van der Waals surface area contributed by atoms with E-state index in [1.54, 1.807) is 0 Å². The topological polar surface area (TPSA) is 58.4 Å². The van der Waals surface area contributed by atoms with Crippen molar-refractivity contribution in [3.63, 3.8) is 0 Å². The van der Waals surface area contributed by atoms with Gasteiger partial charge in [0.15, 0.2) is 0 Å². The number of carbonyl (C=O) groups excluding carboxylic acids is 1. The number of carbonyl (C=O) groups is 1. The van der Waals surface area contributed by atoms with Crippen LogP contribution in [0.3, 0.4) is 0 Å². The molecule has 4 nitrogen and oxygen atoms in total. The SMILES string of the molecule is CCCCCCCCCCNC1CCN(CC(N)=O)CC1. The summed E-state index contributed by atoms with van der Waals surface area (Å²) in [5, 5.41) is 3.66. The highest BCUT2D eigenvalue weighted by Gasteiger charge is 2.19. The van der Waals surface area contributed by atoms with Gasteiger partial charge in [-0.2, -0.15) is 0 Å². The summed E-state index contributed by atoms with van der Waals surface area (Å²) in [6, 6.07) is 0.638. The van der Waals surface area contributed by atoms with Gasteiger partial charge in [-0.1, -0.05) is 51.9 Å². The van der Waals surface area contributed by atoms with Gasteiger partial charge in [0.25, 0.3) is 0 Å². The standard InChI is InChI=1S/C17H35N3O/c1-2-3-4-5-6-7-8-9-12-19-16-10-13-20(14-11-16)15-17(18)21/h16,19H,2-15H2,1H3,(H2,18,21). The van der Waals surface area contributed by atoms with Crippen molar-refractivity contribution in [3.8, 4) is 0 Å². The number of nitrogens with two attached hydrogens (primary N) is 1. The predicted molar refractivity (Wildman–Crippen MR) is 89.3 cm³/mol. The van der Waals surface area contributed by atoms with E-state index in [0.717, 1.165) is 32.5 Å². The first-order valence-corrected chi connectivity index (χ1v) is 8.96. The molecule has 1 aliphatic heterocycles. The molecule has 3 N–H and O–H groups in total. The number of primary amides is 1. The molecule has 21 heavy (non-hydrogen) atoms. The largest absolute Gasteiger partial charge is 0.369 e. The van der Waals surface area contributed by atoms with E-state index in [1.807, 2.05) is 0 Å². The number of rotatable bonds is 12. The van der Waals surface area contributed by atoms with E-state index >= 15 is 0 Å². The molecule has 0 aliphatic carbocycles. The second-order valence-corrected chi connectivity index (χ2v) is 6.45. The van der Waals surface area contributed by atoms with Crippen molar-refractivity contribution in [2.75, 3.05) is 26.2 Å². The van der Waals surface area contributed by atoms with E-state index in [1.165, 1.54) is 51.4 Å². The average Bonchev–Trinajstić information content (AvgIpc) is 2.47. The quantitative estimate of drug-likeness (QED) is 0.545. The van der Waals surface area contributed by atoms with Crippen LogP contribution in [-0.2, 0) is 4.79 Å². The maximum atomic E-state index is 10.9. The molecule has 1 aliphatic rings. The molecule has 1 saturated heterocycles. The zero-order valence-corrected chi connectivity index (χ0v) is 13.9. The molecule has 0 atom stereocenters. The third-order valence-electron chi connectivity index (χ3n) is 4.43. The fraction of sp³-hybridized carbons (Fsp3) is 0.941. The van der Waals surface area contributed by atoms with Gasteiger partial charge in [0.2, 0.25) is 5.91 Å². The minimum absolute atomic E-state index is 0.208. The molecule has 0 aromatic heterocycles. The van der Waals surface area contributed by atoms with Gasteiger partial charge in [0.05, 0.1) is 6.54 Å². The van der Waals surface area contributed by atoms with Gasteiger partial charge in [-0.15, -0.1) is 0 Å². The van der Waals surface area contributed by atoms with Gasteiger partial charge >= 0.3 is 0 Å². The second-order valence-electron chi connectivity index (χ2n) is 6.45. The van der Waals surface area contributed by atoms with Gasteiger partial charge in [0, 0.05) is 19.1 Å². The first-order valence-electron chi connectivity index (χ1n) is 8.96. The Bertz CT molecular complexity index is 263. The Morgan fingerprint density at radius 3 is 2.19 bits per heavy atom. The fourth-order valence-corrected chi connectivity index (χ4v) is 3.08. The molecule has 0 bridgehead atoms. The van der Waals surface area contributed by atoms with Gasteiger partial charge in [-0.25, -0.2) is 0 Å². The summed E-state index contributed by atoms with van der Waals surface area (Å²) < 4.78 is 0. The van der Waals surface area contributed by atoms with Gasteiger partial charge in [0.1, 0.15) is 0 Å². The third-order valence-corrected chi connectivity index (χ3v) is 4.43. The van der Waals surface area contributed by atoms with Crippen molar-refractivity contribution in [2.45, 2.75) is 77.2 Å². The predicted octanol–water partition coefficient (Wildman–Crippen LogP) is 2.67. The summed E-state index contributed by atoms with van der Waals surface area (Å²) in [6.07, 6.45) is 13.3. The summed E-state index contributed by atoms with van der Waals surface area (Å²) in [7, 11) is 0. The van der Waals surface area contributed by atoms with Crippen LogP contribution in [0.4, 0.5) is 0 Å². The van der Waals surface area contributed by atoms with E-state index in [4.69, 9.17) is 5.73 Å². The summed E-state index contributed by atoms with van der Waals surface area (Å²) in [5.41, 5.74) is 5.23. The lowest BCUT2D eigenvalue weighted by Crippen LogP contribution is -2.45. The van der Waals surface area contributed by atoms with Crippen molar-refractivity contribution in [2.24, 2.45) is 5.73 Å². The number of amides is 1. The van der Waals surface area contributed by atoms with Crippen molar-refractivity contribution in [3.05, 3.63) is 0 Å². The molecule has 0 saturated carbocycles. The van der Waals surface area contributed by atoms with Crippen LogP contribution in [0.25, 0.3) is 0 Å². The summed E-state index contributed by atoms with van der Waals surface area (Å²) in [4.78, 5) is 13.0. The molecule has 0 aromatic rings. The van der Waals surface area contributed by atoms with Crippen LogP contribution in [0.1, 0.15) is 71.1 Å². The molecule has 124 valence electrons. The van der Waals surface area contributed by atoms with Gasteiger partial charge in [-0.05, 0) is 25.8 Å². The van der Waals surface area contributed by atoms with Crippen LogP contribution in [-0.4, -0.2) is 43.0 Å². The molecule has 1 heterocycles.